The van der Waals surface area contributed by atoms with Crippen LogP contribution in [0.15, 0.2) is 30.5 Å². The Balaban J connectivity index is 1.87. The Labute approximate surface area is 180 Å². The van der Waals surface area contributed by atoms with Crippen molar-refractivity contribution in [1.82, 2.24) is 9.55 Å². The zero-order valence-electron chi connectivity index (χ0n) is 16.9. The van der Waals surface area contributed by atoms with Crippen molar-refractivity contribution < 1.29 is 19.4 Å². The summed E-state index contributed by atoms with van der Waals surface area (Å²) < 4.78 is 12.8. The number of carbonyl (C=O) groups excluding carboxylic acids is 1. The molecule has 0 fully saturated rings. The third kappa shape index (κ3) is 5.07. The first-order chi connectivity index (χ1) is 13.7. The van der Waals surface area contributed by atoms with E-state index in [1.54, 1.807) is 0 Å². The highest BCUT2D eigenvalue weighted by molar-refractivity contribution is 7.16. The van der Waals surface area contributed by atoms with E-state index in [0.717, 1.165) is 28.3 Å². The van der Waals surface area contributed by atoms with Crippen molar-refractivity contribution in [3.63, 3.8) is 0 Å². The van der Waals surface area contributed by atoms with Gasteiger partial charge in [-0.05, 0) is 12.1 Å². The van der Waals surface area contributed by atoms with Gasteiger partial charge in [0.2, 0.25) is 0 Å². The van der Waals surface area contributed by atoms with Gasteiger partial charge >= 0.3 is 5.97 Å². The van der Waals surface area contributed by atoms with Crippen LogP contribution in [0.2, 0.25) is 30.0 Å². The van der Waals surface area contributed by atoms with Crippen molar-refractivity contribution in [1.29, 1.82) is 0 Å². The first-order valence-corrected chi connectivity index (χ1v) is 14.2. The van der Waals surface area contributed by atoms with Crippen LogP contribution < -0.4 is 0 Å². The smallest absolute Gasteiger partial charge is 0.359 e. The highest BCUT2D eigenvalue weighted by Crippen LogP contribution is 2.35. The third-order valence-corrected chi connectivity index (χ3v) is 7.57. The van der Waals surface area contributed by atoms with Gasteiger partial charge in [-0.15, -0.1) is 11.3 Å². The summed E-state index contributed by atoms with van der Waals surface area (Å²) in [6.45, 7) is 8.07. The lowest BCUT2D eigenvalue weighted by atomic mass is 10.1. The molecule has 29 heavy (non-hydrogen) atoms. The van der Waals surface area contributed by atoms with Crippen LogP contribution in [-0.4, -0.2) is 42.4 Å². The molecule has 1 atom stereocenters. The molecule has 1 N–H and O–H groups in total. The number of rotatable bonds is 8. The largest absolute Gasteiger partial charge is 0.464 e. The molecule has 3 rings (SSSR count). The normalized spacial score (nSPS) is 13.0. The van der Waals surface area contributed by atoms with Crippen molar-refractivity contribution in [2.45, 2.75) is 38.5 Å². The lowest BCUT2D eigenvalue weighted by molar-refractivity contribution is 0.0594. The molecular weight excluding hydrogens is 428 g/mol. The molecule has 0 aliphatic rings. The maximum absolute atomic E-state index is 11.8. The van der Waals surface area contributed by atoms with E-state index in [0.29, 0.717) is 23.9 Å². The van der Waals surface area contributed by atoms with E-state index in [1.807, 2.05) is 35.0 Å². The van der Waals surface area contributed by atoms with Crippen molar-refractivity contribution in [2.75, 3.05) is 13.7 Å². The topological polar surface area (TPSA) is 73.6 Å². The number of hydrogen-bond acceptors (Lipinski definition) is 6. The van der Waals surface area contributed by atoms with Crippen LogP contribution >= 0.6 is 22.9 Å². The first-order valence-electron chi connectivity index (χ1n) is 9.29. The lowest BCUT2D eigenvalue weighted by Gasteiger charge is -2.15. The predicted octanol–water partition coefficient (Wildman–Crippen LogP) is 4.93. The lowest BCUT2D eigenvalue weighted by Crippen LogP contribution is -2.21. The maximum Gasteiger partial charge on any atom is 0.359 e. The predicted molar refractivity (Wildman–Crippen MR) is 119 cm³/mol. The molecule has 2 aromatic heterocycles. The van der Waals surface area contributed by atoms with Crippen LogP contribution in [0.3, 0.4) is 0 Å². The van der Waals surface area contributed by atoms with Crippen LogP contribution in [0.4, 0.5) is 0 Å². The van der Waals surface area contributed by atoms with Gasteiger partial charge in [-0.2, -0.15) is 0 Å². The van der Waals surface area contributed by atoms with E-state index in [2.05, 4.69) is 24.6 Å². The molecule has 1 aromatic carbocycles. The molecule has 2 heterocycles. The number of aromatic nitrogens is 2. The average molecular weight is 453 g/mol. The van der Waals surface area contributed by atoms with Crippen molar-refractivity contribution >= 4 is 47.9 Å². The summed E-state index contributed by atoms with van der Waals surface area (Å²) in [6, 6.07) is 8.90. The number of halogens is 1. The molecule has 156 valence electrons. The second-order valence-electron chi connectivity index (χ2n) is 7.99. The molecule has 0 radical (unpaired) electrons. The molecule has 9 heteroatoms. The quantitative estimate of drug-likeness (QED) is 0.298. The molecule has 0 amide bonds. The van der Waals surface area contributed by atoms with E-state index >= 15 is 0 Å². The van der Waals surface area contributed by atoms with Crippen LogP contribution in [0.25, 0.3) is 10.9 Å². The number of nitrogens with zero attached hydrogens (tertiary/aromatic N) is 2. The van der Waals surface area contributed by atoms with Gasteiger partial charge < -0.3 is 19.1 Å². The minimum absolute atomic E-state index is 0.0200. The standard InChI is InChI=1S/C20H25ClN2O4SSi/c1-26-20(25)16-18(21)28-19(22-16)17(24)14-11-23(12-27-9-10-29(2,3)4)15-8-6-5-7-13(14)15/h5-8,11,17,24H,9-10,12H2,1-4H3. The van der Waals surface area contributed by atoms with E-state index < -0.39 is 20.1 Å². The van der Waals surface area contributed by atoms with E-state index in [9.17, 15) is 9.90 Å². The van der Waals surface area contributed by atoms with E-state index in [4.69, 9.17) is 21.1 Å². The first kappa shape index (κ1) is 22.0. The Morgan fingerprint density at radius 1 is 1.34 bits per heavy atom. The molecule has 1 unspecified atom stereocenters. The minimum Gasteiger partial charge on any atom is -0.464 e. The molecule has 0 saturated carbocycles. The molecule has 6 nitrogen and oxygen atoms in total. The molecular formula is C20H25ClN2O4SSi. The fourth-order valence-corrected chi connectivity index (χ4v) is 4.83. The number of esters is 1. The highest BCUT2D eigenvalue weighted by atomic mass is 35.5. The summed E-state index contributed by atoms with van der Waals surface area (Å²) in [7, 11) is 0.115. The zero-order valence-corrected chi connectivity index (χ0v) is 19.5. The molecule has 0 bridgehead atoms. The number of carbonyl (C=O) groups is 1. The van der Waals surface area contributed by atoms with Gasteiger partial charge in [0.25, 0.3) is 0 Å². The summed E-state index contributed by atoms with van der Waals surface area (Å²) in [5, 5.41) is 12.2. The maximum atomic E-state index is 11.8. The number of thiazole rings is 1. The van der Waals surface area contributed by atoms with Crippen molar-refractivity contribution in [2.24, 2.45) is 0 Å². The number of para-hydroxylation sites is 1. The second-order valence-corrected chi connectivity index (χ2v) is 15.2. The van der Waals surface area contributed by atoms with Gasteiger partial charge in [-0.25, -0.2) is 9.78 Å². The SMILES string of the molecule is COC(=O)c1nc(C(O)c2cn(COCC[Si](C)(C)C)c3ccccc23)sc1Cl. The minimum atomic E-state index is -1.15. The Kier molecular flexibility index (Phi) is 6.80. The summed E-state index contributed by atoms with van der Waals surface area (Å²) in [5.74, 6) is -0.622. The van der Waals surface area contributed by atoms with Crippen LogP contribution in [-0.2, 0) is 16.2 Å². The van der Waals surface area contributed by atoms with E-state index in [1.165, 1.54) is 7.11 Å². The number of methoxy groups -OCH3 is 1. The van der Waals surface area contributed by atoms with Crippen molar-refractivity contribution in [3.05, 3.63) is 51.1 Å². The number of fused-ring (bicyclic) bond motifs is 1. The molecule has 3 aromatic rings. The van der Waals surface area contributed by atoms with Crippen molar-refractivity contribution in [3.8, 4) is 0 Å². The fraction of sp³-hybridized carbons (Fsp3) is 0.400. The van der Waals surface area contributed by atoms with Crippen LogP contribution in [0.5, 0.6) is 0 Å². The van der Waals surface area contributed by atoms with Gasteiger partial charge in [-0.1, -0.05) is 49.4 Å². The van der Waals surface area contributed by atoms with Crippen LogP contribution in [0.1, 0.15) is 27.2 Å². The number of aliphatic hydroxyl groups excluding tert-OH is 1. The third-order valence-electron chi connectivity index (χ3n) is 4.56. The molecule has 0 aliphatic heterocycles. The Bertz CT molecular complexity index is 1010. The average Bonchev–Trinajstić information content (AvgIpc) is 3.24. The van der Waals surface area contributed by atoms with Gasteiger partial charge in [0, 0.05) is 31.8 Å². The van der Waals surface area contributed by atoms with Gasteiger partial charge in [0.1, 0.15) is 22.2 Å². The molecule has 0 spiro atoms. The summed E-state index contributed by atoms with van der Waals surface area (Å²) in [6.07, 6.45) is 0.862. The van der Waals surface area contributed by atoms with E-state index in [-0.39, 0.29) is 10.0 Å². The number of hydrogen-bond donors (Lipinski definition) is 1. The van der Waals surface area contributed by atoms with Gasteiger partial charge in [-0.3, -0.25) is 0 Å². The number of ether oxygens (including phenoxy) is 2. The number of aliphatic hydroxyl groups is 1. The molecule has 0 aliphatic carbocycles. The zero-order chi connectivity index (χ0) is 21.2. The molecule has 0 saturated heterocycles. The monoisotopic (exact) mass is 452 g/mol. The second kappa shape index (κ2) is 8.97. The van der Waals surface area contributed by atoms with Gasteiger partial charge in [0.15, 0.2) is 5.69 Å². The number of benzene rings is 1. The summed E-state index contributed by atoms with van der Waals surface area (Å²) >= 11 is 7.19. The summed E-state index contributed by atoms with van der Waals surface area (Å²) in [5.41, 5.74) is 1.67. The Hall–Kier alpha value is -1.71. The fourth-order valence-electron chi connectivity index (χ4n) is 2.93. The summed E-state index contributed by atoms with van der Waals surface area (Å²) in [4.78, 5) is 16.0. The Morgan fingerprint density at radius 3 is 2.76 bits per heavy atom. The van der Waals surface area contributed by atoms with Gasteiger partial charge in [0.05, 0.1) is 12.6 Å². The Morgan fingerprint density at radius 2 is 2.07 bits per heavy atom. The highest BCUT2D eigenvalue weighted by Gasteiger charge is 2.25. The van der Waals surface area contributed by atoms with Crippen LogP contribution in [0, 0.1) is 0 Å².